The highest BCUT2D eigenvalue weighted by Gasteiger charge is 2.76. The van der Waals surface area contributed by atoms with Crippen molar-refractivity contribution in [3.8, 4) is 0 Å². The smallest absolute Gasteiger partial charge is 0.311 e. The number of carbonyl (C=O) groups is 3. The molecule has 4 aliphatic carbocycles. The molecule has 26 atom stereocenters. The Balaban J connectivity index is 1.09. The second kappa shape index (κ2) is 25.8. The predicted molar refractivity (Wildman–Crippen MR) is 309 cm³/mol. The molecular formula is C63H104FN3O17. The number of ether oxygens (including phenoxy) is 6. The summed E-state index contributed by atoms with van der Waals surface area (Å²) >= 11 is 0. The van der Waals surface area contributed by atoms with Gasteiger partial charge in [0.15, 0.2) is 29.6 Å². The molecule has 6 fully saturated rings. The summed E-state index contributed by atoms with van der Waals surface area (Å²) in [7, 11) is 5.18. The Morgan fingerprint density at radius 2 is 1.55 bits per heavy atom. The first-order chi connectivity index (χ1) is 39.0. The van der Waals surface area contributed by atoms with Crippen LogP contribution in [0, 0.1) is 52.3 Å². The number of carbonyl (C=O) groups excluding carboxylic acids is 3. The lowest BCUT2D eigenvalue weighted by molar-refractivity contribution is -0.317. The number of allylic oxidation sites excluding steroid dienone is 4. The minimum Gasteiger partial charge on any atom is -0.459 e. The number of nitrogens with zero attached hydrogens (tertiary/aromatic N) is 2. The SMILES string of the molecule is CC[C@H]1OC(=O)C(C)[C@@H](O[C@H]2C[C@@](C)(OC)[C@@H](O)[C@H](C)O2)[C@H](C)[C@@H](O[C@@H]2O[C@H](C)C[C@H](N(C)C)[C@H]2O)[C@](C)(O)C[C@@H](C)/C(=N\OCCCCCNC(=O)[C@@]2(O)[C@H](C)CC3C4CCC5=CC(=O)C=C[C@]5(C)[C@@]4(F)[C@@H](O)C[C@]32C)[C@H](C)[C@@H](O)[C@]1(C)O. The standard InChI is InChI=1S/C63H104FN3O17/c1-17-46-61(13,76)51(71)36(5)48(66-79-26-20-18-19-25-65-56(74)63(77)34(3)27-43-42-22-21-40-29-41(68)23-24-57(40,9)62(42,64)45(69)31-58(43,63)10)33(2)30-59(11,75)53(84-55-49(70)44(67(14)15)28-35(4)80-55)37(6)50(38(7)54(73)82-46)83-47-32-60(12,78-16)52(72)39(8)81-47/h23-24,29,33-39,42-47,49-53,55,69-72,75-77H,17-22,25-28,30-32H2,1-16H3,(H,65,74)/b66-48+/t33-,34-,35-,36+,37+,38?,39+,42?,43?,44+,45+,46-,47+,49-,50+,51-,52+,53-,55+,57+,58-,59-,60-,61-,62+,63+/m1/s1. The summed E-state index contributed by atoms with van der Waals surface area (Å²) in [6.45, 7) is 22.5. The Morgan fingerprint density at radius 3 is 2.19 bits per heavy atom. The zero-order chi connectivity index (χ0) is 62.6. The van der Waals surface area contributed by atoms with Crippen LogP contribution < -0.4 is 5.32 Å². The average Bonchev–Trinajstić information content (AvgIpc) is 1.33. The summed E-state index contributed by atoms with van der Waals surface area (Å²) in [5, 5.41) is 92.3. The van der Waals surface area contributed by atoms with Gasteiger partial charge in [-0.05, 0) is 151 Å². The number of hydrogen-bond acceptors (Lipinski definition) is 19. The van der Waals surface area contributed by atoms with E-state index in [1.54, 1.807) is 68.4 Å². The maximum atomic E-state index is 17.7. The molecule has 7 aliphatic rings. The molecule has 21 heteroatoms. The number of methoxy groups -OCH3 is 1. The maximum absolute atomic E-state index is 17.7. The van der Waals surface area contributed by atoms with E-state index in [-0.39, 0.29) is 62.5 Å². The van der Waals surface area contributed by atoms with Crippen molar-refractivity contribution in [3.63, 3.8) is 0 Å². The molecule has 0 bridgehead atoms. The van der Waals surface area contributed by atoms with Crippen molar-refractivity contribution in [2.75, 3.05) is 34.4 Å². The molecule has 3 saturated heterocycles. The lowest BCUT2D eigenvalue weighted by atomic mass is 9.44. The van der Waals surface area contributed by atoms with Crippen molar-refractivity contribution < 1.29 is 87.8 Å². The number of fused-ring (bicyclic) bond motifs is 5. The fourth-order valence-corrected chi connectivity index (χ4v) is 16.5. The van der Waals surface area contributed by atoms with Crippen LogP contribution in [-0.4, -0.2) is 200 Å². The lowest BCUT2D eigenvalue weighted by Crippen LogP contribution is -2.70. The van der Waals surface area contributed by atoms with Gasteiger partial charge in [0, 0.05) is 60.6 Å². The Bertz CT molecular complexity index is 2430. The van der Waals surface area contributed by atoms with Gasteiger partial charge in [-0.25, -0.2) is 4.39 Å². The summed E-state index contributed by atoms with van der Waals surface area (Å²) in [5.74, 6) is -6.76. The van der Waals surface area contributed by atoms with Crippen LogP contribution in [0.3, 0.4) is 0 Å². The number of unbranched alkanes of at least 4 members (excludes halogenated alkanes) is 2. The number of aliphatic hydroxyl groups excluding tert-OH is 4. The highest BCUT2D eigenvalue weighted by Crippen LogP contribution is 2.70. The third-order valence-electron chi connectivity index (χ3n) is 21.8. The molecule has 480 valence electrons. The number of aliphatic hydroxyl groups is 7. The van der Waals surface area contributed by atoms with E-state index in [4.69, 9.17) is 33.3 Å². The summed E-state index contributed by atoms with van der Waals surface area (Å²) < 4.78 is 55.8. The van der Waals surface area contributed by atoms with E-state index >= 15 is 4.39 Å². The molecule has 3 saturated carbocycles. The molecule has 20 nitrogen and oxygen atoms in total. The van der Waals surface area contributed by atoms with Gasteiger partial charge in [-0.3, -0.25) is 14.4 Å². The molecule has 1 amide bonds. The minimum atomic E-state index is -2.09. The molecule has 8 N–H and O–H groups in total. The number of nitrogens with one attached hydrogen (secondary N) is 1. The quantitative estimate of drug-likeness (QED) is 0.0592. The van der Waals surface area contributed by atoms with Crippen molar-refractivity contribution in [2.24, 2.45) is 57.4 Å². The zero-order valence-corrected chi connectivity index (χ0v) is 52.9. The predicted octanol–water partition coefficient (Wildman–Crippen LogP) is 5.22. The van der Waals surface area contributed by atoms with E-state index in [1.807, 2.05) is 39.8 Å². The van der Waals surface area contributed by atoms with Crippen LogP contribution in [0.5, 0.6) is 0 Å². The van der Waals surface area contributed by atoms with Crippen molar-refractivity contribution >= 4 is 23.4 Å². The van der Waals surface area contributed by atoms with Crippen molar-refractivity contribution in [1.82, 2.24) is 10.2 Å². The van der Waals surface area contributed by atoms with Gasteiger partial charge >= 0.3 is 5.97 Å². The topological polar surface area (TPSA) is 285 Å². The van der Waals surface area contributed by atoms with E-state index in [9.17, 15) is 50.1 Å². The third kappa shape index (κ3) is 12.4. The number of hydrogen-bond donors (Lipinski definition) is 8. The van der Waals surface area contributed by atoms with Crippen molar-refractivity contribution in [1.29, 1.82) is 0 Å². The van der Waals surface area contributed by atoms with E-state index in [0.29, 0.717) is 50.5 Å². The van der Waals surface area contributed by atoms with Gasteiger partial charge in [0.2, 0.25) is 0 Å². The number of oxime groups is 1. The molecule has 0 aromatic carbocycles. The second-order valence-electron chi connectivity index (χ2n) is 27.9. The van der Waals surface area contributed by atoms with Gasteiger partial charge in [0.05, 0.1) is 59.5 Å². The van der Waals surface area contributed by atoms with Crippen LogP contribution in [0.1, 0.15) is 161 Å². The summed E-state index contributed by atoms with van der Waals surface area (Å²) in [5.41, 5.74) is -10.3. The molecule has 7 rings (SSSR count). The van der Waals surface area contributed by atoms with Crippen molar-refractivity contribution in [3.05, 3.63) is 23.8 Å². The van der Waals surface area contributed by atoms with E-state index in [2.05, 4.69) is 10.5 Å². The van der Waals surface area contributed by atoms with Crippen molar-refractivity contribution in [2.45, 2.75) is 262 Å². The zero-order valence-electron chi connectivity index (χ0n) is 52.9. The van der Waals surface area contributed by atoms with Crippen LogP contribution in [-0.2, 0) is 47.6 Å². The van der Waals surface area contributed by atoms with Gasteiger partial charge in [-0.15, -0.1) is 0 Å². The van der Waals surface area contributed by atoms with Gasteiger partial charge in [-0.1, -0.05) is 58.3 Å². The first-order valence-corrected chi connectivity index (χ1v) is 31.1. The largest absolute Gasteiger partial charge is 0.459 e. The monoisotopic (exact) mass is 1190 g/mol. The molecule has 0 spiro atoms. The fourth-order valence-electron chi connectivity index (χ4n) is 16.5. The number of rotatable bonds is 15. The first-order valence-electron chi connectivity index (χ1n) is 31.1. The first kappa shape index (κ1) is 68.5. The Morgan fingerprint density at radius 1 is 0.869 bits per heavy atom. The molecule has 0 radical (unpaired) electrons. The van der Waals surface area contributed by atoms with Crippen LogP contribution in [0.15, 0.2) is 29.0 Å². The highest BCUT2D eigenvalue weighted by molar-refractivity contribution is 6.01. The molecule has 0 aromatic rings. The summed E-state index contributed by atoms with van der Waals surface area (Å²) in [6, 6.07) is -0.375. The number of ketones is 1. The Hall–Kier alpha value is -3.03. The van der Waals surface area contributed by atoms with Gasteiger partial charge in [0.25, 0.3) is 5.91 Å². The van der Waals surface area contributed by atoms with Gasteiger partial charge in [0.1, 0.15) is 30.5 Å². The van der Waals surface area contributed by atoms with Gasteiger partial charge in [-0.2, -0.15) is 0 Å². The minimum absolute atomic E-state index is 0.0585. The number of halogens is 1. The summed E-state index contributed by atoms with van der Waals surface area (Å²) in [6.07, 6.45) is -4.57. The third-order valence-corrected chi connectivity index (χ3v) is 21.8. The number of esters is 1. The summed E-state index contributed by atoms with van der Waals surface area (Å²) in [4.78, 5) is 49.1. The number of likely N-dealkylation sites (N-methyl/N-ethyl adjacent to an activating group) is 1. The number of alkyl halides is 1. The molecule has 3 aliphatic heterocycles. The second-order valence-corrected chi connectivity index (χ2v) is 27.9. The van der Waals surface area contributed by atoms with E-state index in [0.717, 1.165) is 0 Å². The van der Waals surface area contributed by atoms with Gasteiger partial charge < -0.3 is 79.2 Å². The molecular weight excluding hydrogens is 1090 g/mol. The normalized spacial score (nSPS) is 49.0. The van der Waals surface area contributed by atoms with E-state index < -0.39 is 154 Å². The molecule has 3 heterocycles. The van der Waals surface area contributed by atoms with Crippen LogP contribution in [0.25, 0.3) is 0 Å². The van der Waals surface area contributed by atoms with Crippen LogP contribution >= 0.6 is 0 Å². The Kier molecular flexibility index (Phi) is 21.0. The lowest BCUT2D eigenvalue weighted by Gasteiger charge is -2.62. The fraction of sp³-hybridized carbons (Fsp3) is 0.873. The van der Waals surface area contributed by atoms with Crippen LogP contribution in [0.4, 0.5) is 4.39 Å². The van der Waals surface area contributed by atoms with Crippen LogP contribution in [0.2, 0.25) is 0 Å². The molecule has 84 heavy (non-hydrogen) atoms. The average molecular weight is 1190 g/mol. The van der Waals surface area contributed by atoms with E-state index in [1.165, 1.54) is 26.2 Å². The highest BCUT2D eigenvalue weighted by atomic mass is 19.1. The Labute approximate surface area is 497 Å². The number of amides is 1. The molecule has 3 unspecified atom stereocenters. The number of cyclic esters (lactones) is 1. The molecule has 0 aromatic heterocycles. The maximum Gasteiger partial charge on any atom is 0.311 e.